The average Bonchev–Trinajstić information content (AvgIpc) is 3.13. The number of amides is 2. The van der Waals surface area contributed by atoms with Crippen molar-refractivity contribution >= 4 is 17.9 Å². The van der Waals surface area contributed by atoms with Gasteiger partial charge in [-0.2, -0.15) is 0 Å². The lowest BCUT2D eigenvalue weighted by Gasteiger charge is -2.35. The highest BCUT2D eigenvalue weighted by molar-refractivity contribution is 6.05. The van der Waals surface area contributed by atoms with E-state index in [1.807, 2.05) is 11.0 Å². The number of carbonyl (C=O) groups excluding carboxylic acids is 2. The van der Waals surface area contributed by atoms with Gasteiger partial charge in [0.1, 0.15) is 11.5 Å². The quantitative estimate of drug-likeness (QED) is 0.856. The average molecular weight is 352 g/mol. The molecular formula is C21H24N2O3. The van der Waals surface area contributed by atoms with Crippen LogP contribution in [0.5, 0.6) is 0 Å². The minimum atomic E-state index is -0.310. The van der Waals surface area contributed by atoms with Crippen molar-refractivity contribution in [3.8, 4) is 0 Å². The van der Waals surface area contributed by atoms with Crippen molar-refractivity contribution in [2.75, 3.05) is 13.1 Å². The second kappa shape index (κ2) is 8.04. The molecule has 3 rings (SSSR count). The van der Waals surface area contributed by atoms with Crippen LogP contribution in [-0.2, 0) is 4.79 Å². The SMILES string of the molecule is CC1CC(C)CN(C(=O)C(=Cc2ccco2)NC(=O)c2ccccc2)C1. The van der Waals surface area contributed by atoms with Crippen LogP contribution >= 0.6 is 0 Å². The van der Waals surface area contributed by atoms with Crippen molar-refractivity contribution in [2.24, 2.45) is 11.8 Å². The Morgan fingerprint density at radius 2 is 1.77 bits per heavy atom. The molecule has 136 valence electrons. The minimum absolute atomic E-state index is 0.177. The number of hydrogen-bond acceptors (Lipinski definition) is 3. The van der Waals surface area contributed by atoms with E-state index in [2.05, 4.69) is 19.2 Å². The molecule has 1 aromatic heterocycles. The summed E-state index contributed by atoms with van der Waals surface area (Å²) in [5.41, 5.74) is 0.737. The zero-order chi connectivity index (χ0) is 18.5. The van der Waals surface area contributed by atoms with Gasteiger partial charge in [0.15, 0.2) is 0 Å². The van der Waals surface area contributed by atoms with Crippen molar-refractivity contribution in [1.82, 2.24) is 10.2 Å². The number of furan rings is 1. The Hall–Kier alpha value is -2.82. The van der Waals surface area contributed by atoms with Crippen LogP contribution < -0.4 is 5.32 Å². The van der Waals surface area contributed by atoms with Gasteiger partial charge in [-0.25, -0.2) is 0 Å². The fourth-order valence-electron chi connectivity index (χ4n) is 3.45. The number of hydrogen-bond donors (Lipinski definition) is 1. The van der Waals surface area contributed by atoms with E-state index in [-0.39, 0.29) is 17.5 Å². The molecule has 0 aliphatic carbocycles. The van der Waals surface area contributed by atoms with E-state index >= 15 is 0 Å². The summed E-state index contributed by atoms with van der Waals surface area (Å²) in [4.78, 5) is 27.4. The van der Waals surface area contributed by atoms with Crippen LogP contribution in [0.15, 0.2) is 58.8 Å². The summed E-state index contributed by atoms with van der Waals surface area (Å²) < 4.78 is 5.33. The Morgan fingerprint density at radius 1 is 1.08 bits per heavy atom. The van der Waals surface area contributed by atoms with Gasteiger partial charge in [-0.1, -0.05) is 32.0 Å². The zero-order valence-corrected chi connectivity index (χ0v) is 15.1. The van der Waals surface area contributed by atoms with Crippen molar-refractivity contribution in [2.45, 2.75) is 20.3 Å². The van der Waals surface area contributed by atoms with Crippen LogP contribution in [0.25, 0.3) is 6.08 Å². The van der Waals surface area contributed by atoms with E-state index in [4.69, 9.17) is 4.42 Å². The molecule has 1 aliphatic rings. The second-order valence-corrected chi connectivity index (χ2v) is 7.05. The predicted octanol–water partition coefficient (Wildman–Crippen LogP) is 3.56. The monoisotopic (exact) mass is 352 g/mol. The molecule has 2 aromatic rings. The molecule has 2 amide bonds. The molecule has 26 heavy (non-hydrogen) atoms. The molecule has 0 radical (unpaired) electrons. The van der Waals surface area contributed by atoms with Gasteiger partial charge < -0.3 is 14.6 Å². The molecule has 5 nitrogen and oxygen atoms in total. The molecule has 5 heteroatoms. The lowest BCUT2D eigenvalue weighted by molar-refractivity contribution is -0.130. The third-order valence-electron chi connectivity index (χ3n) is 4.50. The van der Waals surface area contributed by atoms with Crippen LogP contribution in [0.3, 0.4) is 0 Å². The van der Waals surface area contributed by atoms with Gasteiger partial charge in [0.05, 0.1) is 6.26 Å². The highest BCUT2D eigenvalue weighted by Crippen LogP contribution is 2.22. The number of likely N-dealkylation sites (tertiary alicyclic amines) is 1. The largest absolute Gasteiger partial charge is 0.465 e. The summed E-state index contributed by atoms with van der Waals surface area (Å²) in [6.07, 6.45) is 4.24. The zero-order valence-electron chi connectivity index (χ0n) is 15.1. The summed E-state index contributed by atoms with van der Waals surface area (Å²) in [5.74, 6) is 0.925. The maximum atomic E-state index is 13.1. The molecule has 2 heterocycles. The number of nitrogens with one attached hydrogen (secondary N) is 1. The molecule has 1 saturated heterocycles. The lowest BCUT2D eigenvalue weighted by Crippen LogP contribution is -2.45. The lowest BCUT2D eigenvalue weighted by atomic mass is 9.91. The normalized spacial score (nSPS) is 20.7. The Labute approximate surface area is 153 Å². The number of nitrogens with zero attached hydrogens (tertiary/aromatic N) is 1. The number of carbonyl (C=O) groups is 2. The van der Waals surface area contributed by atoms with Gasteiger partial charge in [0, 0.05) is 24.7 Å². The molecule has 1 aliphatic heterocycles. The Balaban J connectivity index is 1.84. The van der Waals surface area contributed by atoms with Crippen LogP contribution in [0.1, 0.15) is 36.4 Å². The summed E-state index contributed by atoms with van der Waals surface area (Å²) in [6.45, 7) is 5.68. The molecule has 0 spiro atoms. The summed E-state index contributed by atoms with van der Waals surface area (Å²) in [7, 11) is 0. The summed E-state index contributed by atoms with van der Waals surface area (Å²) in [6, 6.07) is 12.4. The van der Waals surface area contributed by atoms with Crippen LogP contribution in [-0.4, -0.2) is 29.8 Å². The Morgan fingerprint density at radius 3 is 2.38 bits per heavy atom. The third kappa shape index (κ3) is 4.42. The highest BCUT2D eigenvalue weighted by Gasteiger charge is 2.28. The van der Waals surface area contributed by atoms with Gasteiger partial charge in [0.2, 0.25) is 0 Å². The van der Waals surface area contributed by atoms with E-state index in [1.165, 1.54) is 6.26 Å². The van der Waals surface area contributed by atoms with Crippen LogP contribution in [0.2, 0.25) is 0 Å². The smallest absolute Gasteiger partial charge is 0.270 e. The number of benzene rings is 1. The number of piperidine rings is 1. The Bertz CT molecular complexity index is 771. The molecule has 0 saturated carbocycles. The van der Waals surface area contributed by atoms with Gasteiger partial charge >= 0.3 is 0 Å². The van der Waals surface area contributed by atoms with Gasteiger partial charge in [-0.15, -0.1) is 0 Å². The van der Waals surface area contributed by atoms with E-state index < -0.39 is 0 Å². The van der Waals surface area contributed by atoms with Crippen LogP contribution in [0.4, 0.5) is 0 Å². The van der Waals surface area contributed by atoms with Crippen molar-refractivity contribution in [3.63, 3.8) is 0 Å². The van der Waals surface area contributed by atoms with E-state index in [0.29, 0.717) is 36.2 Å². The topological polar surface area (TPSA) is 62.6 Å². The van der Waals surface area contributed by atoms with Gasteiger partial charge in [0.25, 0.3) is 11.8 Å². The van der Waals surface area contributed by atoms with Crippen molar-refractivity contribution in [3.05, 3.63) is 65.7 Å². The maximum Gasteiger partial charge on any atom is 0.270 e. The molecule has 1 aromatic carbocycles. The van der Waals surface area contributed by atoms with Gasteiger partial charge in [-0.05, 0) is 42.5 Å². The fraction of sp³-hybridized carbons (Fsp3) is 0.333. The predicted molar refractivity (Wildman–Crippen MR) is 100 cm³/mol. The standard InChI is InChI=1S/C21H24N2O3/c1-15-11-16(2)14-23(13-15)21(25)19(12-18-9-6-10-26-18)22-20(24)17-7-4-3-5-8-17/h3-10,12,15-16H,11,13-14H2,1-2H3,(H,22,24). The first-order chi connectivity index (χ1) is 12.5. The van der Waals surface area contributed by atoms with Gasteiger partial charge in [-0.3, -0.25) is 9.59 Å². The molecule has 0 bridgehead atoms. The van der Waals surface area contributed by atoms with E-state index in [0.717, 1.165) is 6.42 Å². The van der Waals surface area contributed by atoms with Crippen LogP contribution in [0, 0.1) is 11.8 Å². The van der Waals surface area contributed by atoms with E-state index in [9.17, 15) is 9.59 Å². The van der Waals surface area contributed by atoms with E-state index in [1.54, 1.807) is 42.5 Å². The molecule has 1 fully saturated rings. The fourth-order valence-corrected chi connectivity index (χ4v) is 3.45. The highest BCUT2D eigenvalue weighted by atomic mass is 16.3. The first kappa shape index (κ1) is 18.0. The third-order valence-corrected chi connectivity index (χ3v) is 4.50. The summed E-state index contributed by atoms with van der Waals surface area (Å²) in [5, 5.41) is 2.77. The molecule has 2 unspecified atom stereocenters. The maximum absolute atomic E-state index is 13.1. The molecule has 2 atom stereocenters. The Kier molecular flexibility index (Phi) is 5.56. The molecule has 1 N–H and O–H groups in total. The van der Waals surface area contributed by atoms with Crippen molar-refractivity contribution < 1.29 is 14.0 Å². The molecular weight excluding hydrogens is 328 g/mol. The second-order valence-electron chi connectivity index (χ2n) is 7.05. The first-order valence-corrected chi connectivity index (χ1v) is 8.94. The first-order valence-electron chi connectivity index (χ1n) is 8.94. The summed E-state index contributed by atoms with van der Waals surface area (Å²) >= 11 is 0. The minimum Gasteiger partial charge on any atom is -0.465 e. The van der Waals surface area contributed by atoms with Crippen molar-refractivity contribution in [1.29, 1.82) is 0 Å². The number of rotatable bonds is 4.